The maximum atomic E-state index is 12.2. The van der Waals surface area contributed by atoms with Gasteiger partial charge in [0, 0.05) is 19.1 Å². The molecule has 7 heteroatoms. The molecule has 0 atom stereocenters. The van der Waals surface area contributed by atoms with Crippen molar-refractivity contribution in [2.45, 2.75) is 37.6 Å². The molecule has 0 saturated carbocycles. The Balaban J connectivity index is 1.76. The van der Waals surface area contributed by atoms with Gasteiger partial charge in [0.15, 0.2) is 11.4 Å². The minimum absolute atomic E-state index is 0.00205. The maximum absolute atomic E-state index is 12.2. The molecule has 1 saturated heterocycles. The fraction of sp³-hybridized carbons (Fsp3) is 0.529. The molecule has 1 fully saturated rings. The van der Waals surface area contributed by atoms with E-state index in [4.69, 9.17) is 27.9 Å². The first kappa shape index (κ1) is 18.9. The average molecular weight is 373 g/mol. The maximum Gasteiger partial charge on any atom is 0.260 e. The highest BCUT2D eigenvalue weighted by Gasteiger charge is 2.25. The molecular weight excluding hydrogens is 351 g/mol. The molecule has 2 amide bonds. The standard InChI is InChI=1S/C17H22Cl2N2O3/c1-11-3-4-14(9-12(11)2)24-10-15(22)21-7-5-13(6-8-21)20-17(23)16(18)19/h3-4,9,13,16H,5-8,10H2,1-2H3,(H,20,23). The number of halogens is 2. The Labute approximate surface area is 152 Å². The van der Waals surface area contributed by atoms with Crippen molar-refractivity contribution in [1.82, 2.24) is 10.2 Å². The predicted octanol–water partition coefficient (Wildman–Crippen LogP) is 2.59. The lowest BCUT2D eigenvalue weighted by atomic mass is 10.1. The van der Waals surface area contributed by atoms with Crippen LogP contribution in [0.5, 0.6) is 5.75 Å². The minimum atomic E-state index is -1.06. The first-order valence-electron chi connectivity index (χ1n) is 7.93. The monoisotopic (exact) mass is 372 g/mol. The van der Waals surface area contributed by atoms with E-state index in [9.17, 15) is 9.59 Å². The molecule has 0 spiro atoms. The van der Waals surface area contributed by atoms with Gasteiger partial charge >= 0.3 is 0 Å². The van der Waals surface area contributed by atoms with Gasteiger partial charge in [0.1, 0.15) is 5.75 Å². The molecular formula is C17H22Cl2N2O3. The largest absolute Gasteiger partial charge is 0.484 e. The van der Waals surface area contributed by atoms with Crippen LogP contribution in [-0.2, 0) is 9.59 Å². The second-order valence-corrected chi connectivity index (χ2v) is 7.10. The number of piperidine rings is 1. The van der Waals surface area contributed by atoms with Gasteiger partial charge in [0.25, 0.3) is 11.8 Å². The highest BCUT2D eigenvalue weighted by Crippen LogP contribution is 2.17. The van der Waals surface area contributed by atoms with Gasteiger partial charge in [-0.2, -0.15) is 0 Å². The number of amides is 2. The Bertz CT molecular complexity index is 599. The molecule has 0 aliphatic carbocycles. The van der Waals surface area contributed by atoms with Crippen molar-refractivity contribution in [1.29, 1.82) is 0 Å². The summed E-state index contributed by atoms with van der Waals surface area (Å²) in [5.74, 6) is 0.260. The number of nitrogens with one attached hydrogen (secondary N) is 1. The van der Waals surface area contributed by atoms with Crippen molar-refractivity contribution < 1.29 is 14.3 Å². The molecule has 1 aliphatic heterocycles. The lowest BCUT2D eigenvalue weighted by Gasteiger charge is -2.32. The third-order valence-corrected chi connectivity index (χ3v) is 4.63. The van der Waals surface area contributed by atoms with Crippen molar-refractivity contribution in [3.05, 3.63) is 29.3 Å². The van der Waals surface area contributed by atoms with Crippen LogP contribution in [0.3, 0.4) is 0 Å². The third-order valence-electron chi connectivity index (χ3n) is 4.23. The predicted molar refractivity (Wildman–Crippen MR) is 94.6 cm³/mol. The van der Waals surface area contributed by atoms with E-state index in [0.717, 1.165) is 5.56 Å². The van der Waals surface area contributed by atoms with E-state index >= 15 is 0 Å². The zero-order chi connectivity index (χ0) is 17.7. The zero-order valence-corrected chi connectivity index (χ0v) is 15.4. The van der Waals surface area contributed by atoms with Crippen LogP contribution in [0.1, 0.15) is 24.0 Å². The number of carbonyl (C=O) groups is 2. The van der Waals surface area contributed by atoms with Crippen LogP contribution in [0.2, 0.25) is 0 Å². The summed E-state index contributed by atoms with van der Waals surface area (Å²) in [6.45, 7) is 5.22. The van der Waals surface area contributed by atoms with E-state index in [-0.39, 0.29) is 24.5 Å². The molecule has 1 aromatic rings. The summed E-state index contributed by atoms with van der Waals surface area (Å²) >= 11 is 11.0. The first-order valence-corrected chi connectivity index (χ1v) is 8.80. The smallest absolute Gasteiger partial charge is 0.260 e. The summed E-state index contributed by atoms with van der Waals surface area (Å²) in [4.78, 5) is 24.4. The van der Waals surface area contributed by atoms with Crippen LogP contribution in [0.15, 0.2) is 18.2 Å². The number of ether oxygens (including phenoxy) is 1. The van der Waals surface area contributed by atoms with E-state index in [2.05, 4.69) is 5.32 Å². The van der Waals surface area contributed by atoms with E-state index < -0.39 is 4.84 Å². The summed E-state index contributed by atoms with van der Waals surface area (Å²) < 4.78 is 5.58. The normalized spacial score (nSPS) is 15.5. The van der Waals surface area contributed by atoms with E-state index in [0.29, 0.717) is 31.7 Å². The van der Waals surface area contributed by atoms with Gasteiger partial charge in [0.2, 0.25) is 0 Å². The van der Waals surface area contributed by atoms with Crippen LogP contribution in [0.4, 0.5) is 0 Å². The average Bonchev–Trinajstić information content (AvgIpc) is 2.56. The molecule has 0 aromatic heterocycles. The Morgan fingerprint density at radius 1 is 1.25 bits per heavy atom. The van der Waals surface area contributed by atoms with Crippen LogP contribution >= 0.6 is 23.2 Å². The molecule has 24 heavy (non-hydrogen) atoms. The summed E-state index contributed by atoms with van der Waals surface area (Å²) in [6, 6.07) is 5.78. The number of rotatable bonds is 5. The lowest BCUT2D eigenvalue weighted by Crippen LogP contribution is -2.48. The number of carbonyl (C=O) groups excluding carboxylic acids is 2. The van der Waals surface area contributed by atoms with Gasteiger partial charge < -0.3 is 15.0 Å². The van der Waals surface area contributed by atoms with Gasteiger partial charge in [-0.1, -0.05) is 29.3 Å². The highest BCUT2D eigenvalue weighted by atomic mass is 35.5. The van der Waals surface area contributed by atoms with Crippen molar-refractivity contribution >= 4 is 35.0 Å². The van der Waals surface area contributed by atoms with Gasteiger partial charge in [-0.05, 0) is 49.9 Å². The van der Waals surface area contributed by atoms with E-state index in [1.807, 2.05) is 32.0 Å². The number of aryl methyl sites for hydroxylation is 2. The Kier molecular flexibility index (Phi) is 6.75. The number of likely N-dealkylation sites (tertiary alicyclic amines) is 1. The second kappa shape index (κ2) is 8.58. The summed E-state index contributed by atoms with van der Waals surface area (Å²) in [6.07, 6.45) is 1.36. The van der Waals surface area contributed by atoms with Crippen LogP contribution in [-0.4, -0.2) is 47.3 Å². The third kappa shape index (κ3) is 5.28. The number of benzene rings is 1. The molecule has 0 unspecified atom stereocenters. The molecule has 132 valence electrons. The van der Waals surface area contributed by atoms with Crippen molar-refractivity contribution in [2.75, 3.05) is 19.7 Å². The van der Waals surface area contributed by atoms with Gasteiger partial charge in [-0.25, -0.2) is 0 Å². The van der Waals surface area contributed by atoms with E-state index in [1.165, 1.54) is 5.56 Å². The fourth-order valence-corrected chi connectivity index (χ4v) is 2.70. The molecule has 2 rings (SSSR count). The summed E-state index contributed by atoms with van der Waals surface area (Å²) in [5, 5.41) is 2.78. The van der Waals surface area contributed by atoms with Crippen LogP contribution in [0, 0.1) is 13.8 Å². The first-order chi connectivity index (χ1) is 11.4. The topological polar surface area (TPSA) is 58.6 Å². The molecule has 1 N–H and O–H groups in total. The molecule has 5 nitrogen and oxygen atoms in total. The van der Waals surface area contributed by atoms with Crippen LogP contribution in [0.25, 0.3) is 0 Å². The minimum Gasteiger partial charge on any atom is -0.484 e. The quantitative estimate of drug-likeness (QED) is 0.808. The number of nitrogens with zero attached hydrogens (tertiary/aromatic N) is 1. The van der Waals surface area contributed by atoms with E-state index in [1.54, 1.807) is 4.90 Å². The molecule has 1 aliphatic rings. The highest BCUT2D eigenvalue weighted by molar-refractivity contribution is 6.53. The Hall–Kier alpha value is -1.46. The zero-order valence-electron chi connectivity index (χ0n) is 13.9. The van der Waals surface area contributed by atoms with Crippen molar-refractivity contribution in [3.63, 3.8) is 0 Å². The second-order valence-electron chi connectivity index (χ2n) is 6.00. The Morgan fingerprint density at radius 3 is 2.50 bits per heavy atom. The summed E-state index contributed by atoms with van der Waals surface area (Å²) in [7, 11) is 0. The SMILES string of the molecule is Cc1ccc(OCC(=O)N2CCC(NC(=O)C(Cl)Cl)CC2)cc1C. The van der Waals surface area contributed by atoms with Crippen molar-refractivity contribution in [3.8, 4) is 5.75 Å². The number of hydrogen-bond acceptors (Lipinski definition) is 3. The fourth-order valence-electron chi connectivity index (χ4n) is 2.58. The molecule has 1 heterocycles. The van der Waals surface area contributed by atoms with Gasteiger partial charge in [-0.15, -0.1) is 0 Å². The number of alkyl halides is 2. The van der Waals surface area contributed by atoms with Gasteiger partial charge in [-0.3, -0.25) is 9.59 Å². The Morgan fingerprint density at radius 2 is 1.92 bits per heavy atom. The van der Waals surface area contributed by atoms with Crippen LogP contribution < -0.4 is 10.1 Å². The number of hydrogen-bond donors (Lipinski definition) is 1. The van der Waals surface area contributed by atoms with Gasteiger partial charge in [0.05, 0.1) is 0 Å². The molecule has 0 radical (unpaired) electrons. The molecule has 0 bridgehead atoms. The van der Waals surface area contributed by atoms with Crippen molar-refractivity contribution in [2.24, 2.45) is 0 Å². The molecule has 1 aromatic carbocycles. The lowest BCUT2D eigenvalue weighted by molar-refractivity contribution is -0.134. The summed E-state index contributed by atoms with van der Waals surface area (Å²) in [5.41, 5.74) is 2.32.